The van der Waals surface area contributed by atoms with Crippen molar-refractivity contribution in [1.82, 2.24) is 4.57 Å². The van der Waals surface area contributed by atoms with E-state index in [2.05, 4.69) is 19.1 Å². The number of pyridine rings is 1. The molecule has 3 aromatic rings. The summed E-state index contributed by atoms with van der Waals surface area (Å²) in [4.78, 5) is 12.7. The molecule has 3 nitrogen and oxygen atoms in total. The number of benzene rings is 2. The molecule has 3 rings (SSSR count). The Morgan fingerprint density at radius 3 is 2.25 bits per heavy atom. The average Bonchev–Trinajstić information content (AvgIpc) is 2.64. The monoisotopic (exact) mass is 314 g/mol. The first kappa shape index (κ1) is 15.8. The van der Waals surface area contributed by atoms with E-state index in [1.165, 1.54) is 5.56 Å². The van der Waals surface area contributed by atoms with Crippen LogP contribution in [0.1, 0.15) is 23.6 Å². The van der Waals surface area contributed by atoms with Crippen molar-refractivity contribution in [2.24, 2.45) is 0 Å². The Morgan fingerprint density at radius 1 is 0.917 bits per heavy atom. The van der Waals surface area contributed by atoms with E-state index in [1.54, 1.807) is 10.6 Å². The first-order chi connectivity index (χ1) is 11.7. The number of aromatic nitrogens is 1. The third-order valence-corrected chi connectivity index (χ3v) is 4.14. The summed E-state index contributed by atoms with van der Waals surface area (Å²) in [5.74, 6) is 0. The van der Waals surface area contributed by atoms with Crippen molar-refractivity contribution in [3.05, 3.63) is 93.8 Å². The SMILES string of the molecule is CCc1ccc(-c2ccc(C#N)c(=O)n2Cc2ccccc2)cc1. The molecule has 1 aromatic heterocycles. The van der Waals surface area contributed by atoms with Gasteiger partial charge in [-0.2, -0.15) is 5.26 Å². The number of aryl methyl sites for hydroxylation is 1. The van der Waals surface area contributed by atoms with Gasteiger partial charge < -0.3 is 4.57 Å². The van der Waals surface area contributed by atoms with Gasteiger partial charge in [0.15, 0.2) is 0 Å². The first-order valence-electron chi connectivity index (χ1n) is 8.00. The van der Waals surface area contributed by atoms with Gasteiger partial charge in [0.05, 0.1) is 12.2 Å². The van der Waals surface area contributed by atoms with Crippen molar-refractivity contribution in [1.29, 1.82) is 5.26 Å². The number of nitrogens with zero attached hydrogens (tertiary/aromatic N) is 2. The van der Waals surface area contributed by atoms with Crippen LogP contribution in [0.4, 0.5) is 0 Å². The van der Waals surface area contributed by atoms with Gasteiger partial charge in [0.1, 0.15) is 11.6 Å². The molecule has 0 saturated heterocycles. The summed E-state index contributed by atoms with van der Waals surface area (Å²) in [6.07, 6.45) is 0.977. The molecule has 0 aliphatic heterocycles. The second-order valence-corrected chi connectivity index (χ2v) is 5.67. The molecule has 0 aliphatic carbocycles. The molecule has 0 spiro atoms. The molecule has 0 unspecified atom stereocenters. The van der Waals surface area contributed by atoms with Crippen molar-refractivity contribution in [3.63, 3.8) is 0 Å². The summed E-state index contributed by atoms with van der Waals surface area (Å²) in [5.41, 5.74) is 4.00. The highest BCUT2D eigenvalue weighted by Gasteiger charge is 2.11. The van der Waals surface area contributed by atoms with E-state index in [0.29, 0.717) is 6.54 Å². The Kier molecular flexibility index (Phi) is 4.58. The van der Waals surface area contributed by atoms with E-state index in [9.17, 15) is 10.1 Å². The van der Waals surface area contributed by atoms with Gasteiger partial charge >= 0.3 is 0 Å². The summed E-state index contributed by atoms with van der Waals surface area (Å²) in [6, 6.07) is 23.5. The van der Waals surface area contributed by atoms with Crippen LogP contribution in [0.3, 0.4) is 0 Å². The lowest BCUT2D eigenvalue weighted by molar-refractivity contribution is 0.765. The minimum Gasteiger partial charge on any atom is -0.303 e. The van der Waals surface area contributed by atoms with Crippen LogP contribution in [0.15, 0.2) is 71.5 Å². The molecule has 0 fully saturated rings. The van der Waals surface area contributed by atoms with Gasteiger partial charge in [-0.3, -0.25) is 4.79 Å². The van der Waals surface area contributed by atoms with Gasteiger partial charge in [-0.25, -0.2) is 0 Å². The maximum Gasteiger partial charge on any atom is 0.269 e. The Labute approximate surface area is 141 Å². The first-order valence-corrected chi connectivity index (χ1v) is 8.00. The lowest BCUT2D eigenvalue weighted by atomic mass is 10.1. The van der Waals surface area contributed by atoms with Crippen LogP contribution in [0.2, 0.25) is 0 Å². The topological polar surface area (TPSA) is 45.8 Å². The molecular formula is C21H18N2O. The largest absolute Gasteiger partial charge is 0.303 e. The summed E-state index contributed by atoms with van der Waals surface area (Å²) in [5, 5.41) is 9.18. The normalized spacial score (nSPS) is 10.3. The molecule has 24 heavy (non-hydrogen) atoms. The van der Waals surface area contributed by atoms with Gasteiger partial charge in [0.25, 0.3) is 5.56 Å². The number of hydrogen-bond donors (Lipinski definition) is 0. The van der Waals surface area contributed by atoms with E-state index in [4.69, 9.17) is 0 Å². The predicted octanol–water partition coefficient (Wildman–Crippen LogP) is 4.00. The van der Waals surface area contributed by atoms with E-state index in [1.807, 2.05) is 54.6 Å². The molecule has 0 amide bonds. The smallest absolute Gasteiger partial charge is 0.269 e. The van der Waals surface area contributed by atoms with Crippen molar-refractivity contribution >= 4 is 0 Å². The van der Waals surface area contributed by atoms with Crippen molar-refractivity contribution in [3.8, 4) is 17.3 Å². The lowest BCUT2D eigenvalue weighted by Gasteiger charge is -2.14. The van der Waals surface area contributed by atoms with Crippen molar-refractivity contribution < 1.29 is 0 Å². The van der Waals surface area contributed by atoms with Crippen LogP contribution in [0, 0.1) is 11.3 Å². The molecule has 0 bridgehead atoms. The fraction of sp³-hybridized carbons (Fsp3) is 0.143. The van der Waals surface area contributed by atoms with E-state index in [-0.39, 0.29) is 11.1 Å². The van der Waals surface area contributed by atoms with Gasteiger partial charge in [-0.1, -0.05) is 61.5 Å². The van der Waals surface area contributed by atoms with E-state index < -0.39 is 0 Å². The summed E-state index contributed by atoms with van der Waals surface area (Å²) < 4.78 is 1.68. The summed E-state index contributed by atoms with van der Waals surface area (Å²) in [7, 11) is 0. The van der Waals surface area contributed by atoms with Crippen LogP contribution < -0.4 is 5.56 Å². The minimum absolute atomic E-state index is 0.167. The average molecular weight is 314 g/mol. The molecular weight excluding hydrogens is 296 g/mol. The van der Waals surface area contributed by atoms with Gasteiger partial charge in [0, 0.05) is 0 Å². The molecule has 0 atom stereocenters. The van der Waals surface area contributed by atoms with Gasteiger partial charge in [-0.15, -0.1) is 0 Å². The molecule has 2 aromatic carbocycles. The Morgan fingerprint density at radius 2 is 1.62 bits per heavy atom. The maximum absolute atomic E-state index is 12.7. The van der Waals surface area contributed by atoms with Crippen LogP contribution in [-0.4, -0.2) is 4.57 Å². The zero-order valence-electron chi connectivity index (χ0n) is 13.6. The zero-order valence-corrected chi connectivity index (χ0v) is 13.6. The molecule has 0 N–H and O–H groups in total. The Bertz CT molecular complexity index is 932. The fourth-order valence-corrected chi connectivity index (χ4v) is 2.75. The molecule has 0 aliphatic rings. The third kappa shape index (κ3) is 3.13. The lowest BCUT2D eigenvalue weighted by Crippen LogP contribution is -2.24. The second kappa shape index (κ2) is 6.97. The van der Waals surface area contributed by atoms with Crippen molar-refractivity contribution in [2.45, 2.75) is 19.9 Å². The highest BCUT2D eigenvalue weighted by atomic mass is 16.1. The maximum atomic E-state index is 12.7. The highest BCUT2D eigenvalue weighted by molar-refractivity contribution is 5.61. The molecule has 1 heterocycles. The van der Waals surface area contributed by atoms with Gasteiger partial charge in [-0.05, 0) is 35.2 Å². The molecule has 0 radical (unpaired) electrons. The predicted molar refractivity (Wildman–Crippen MR) is 95.8 cm³/mol. The van der Waals surface area contributed by atoms with E-state index in [0.717, 1.165) is 23.2 Å². The number of hydrogen-bond acceptors (Lipinski definition) is 2. The van der Waals surface area contributed by atoms with Crippen LogP contribution >= 0.6 is 0 Å². The minimum atomic E-state index is -0.251. The summed E-state index contributed by atoms with van der Waals surface area (Å²) >= 11 is 0. The third-order valence-electron chi connectivity index (χ3n) is 4.14. The standard InChI is InChI=1S/C21H18N2O/c1-2-16-8-10-18(11-9-16)20-13-12-19(14-22)21(24)23(20)15-17-6-4-3-5-7-17/h3-13H,2,15H2,1H3. The summed E-state index contributed by atoms with van der Waals surface area (Å²) in [6.45, 7) is 2.56. The Balaban J connectivity index is 2.13. The Hall–Kier alpha value is -3.12. The molecule has 118 valence electrons. The van der Waals surface area contributed by atoms with E-state index >= 15 is 0 Å². The number of nitriles is 1. The van der Waals surface area contributed by atoms with Crippen LogP contribution in [-0.2, 0) is 13.0 Å². The second-order valence-electron chi connectivity index (χ2n) is 5.67. The zero-order chi connectivity index (χ0) is 16.9. The van der Waals surface area contributed by atoms with Gasteiger partial charge in [0.2, 0.25) is 0 Å². The molecule has 0 saturated carbocycles. The quantitative estimate of drug-likeness (QED) is 0.731. The molecule has 3 heteroatoms. The highest BCUT2D eigenvalue weighted by Crippen LogP contribution is 2.20. The van der Waals surface area contributed by atoms with Crippen LogP contribution in [0.5, 0.6) is 0 Å². The van der Waals surface area contributed by atoms with Crippen LogP contribution in [0.25, 0.3) is 11.3 Å². The fourth-order valence-electron chi connectivity index (χ4n) is 2.75. The number of rotatable bonds is 4. The van der Waals surface area contributed by atoms with Crippen molar-refractivity contribution in [2.75, 3.05) is 0 Å².